The molecular formula is C32H38NOS+. The Labute approximate surface area is 213 Å². The minimum atomic E-state index is 0.468. The number of hydrogen-bond donors (Lipinski definition) is 0. The third-order valence-electron chi connectivity index (χ3n) is 8.59. The van der Waals surface area contributed by atoms with Crippen LogP contribution in [0.3, 0.4) is 0 Å². The van der Waals surface area contributed by atoms with Crippen molar-refractivity contribution >= 4 is 32.2 Å². The van der Waals surface area contributed by atoms with E-state index >= 15 is 0 Å². The maximum Gasteiger partial charge on any atom is 0.228 e. The summed E-state index contributed by atoms with van der Waals surface area (Å²) in [7, 11) is 2.19. The first-order valence-electron chi connectivity index (χ1n) is 13.3. The van der Waals surface area contributed by atoms with Gasteiger partial charge in [0.25, 0.3) is 0 Å². The van der Waals surface area contributed by atoms with Crippen molar-refractivity contribution in [2.75, 3.05) is 0 Å². The summed E-state index contributed by atoms with van der Waals surface area (Å²) in [6.45, 7) is 14.0. The highest BCUT2D eigenvalue weighted by molar-refractivity contribution is 7.19. The predicted octanol–water partition coefficient (Wildman–Crippen LogP) is 9.15. The zero-order valence-electron chi connectivity index (χ0n) is 22.3. The van der Waals surface area contributed by atoms with Crippen molar-refractivity contribution < 1.29 is 9.30 Å². The maximum absolute atomic E-state index is 7.02. The number of fused-ring (bicyclic) bond motifs is 3. The van der Waals surface area contributed by atoms with Gasteiger partial charge in [-0.1, -0.05) is 45.9 Å². The lowest BCUT2D eigenvalue weighted by molar-refractivity contribution is -0.659. The molecule has 3 heterocycles. The van der Waals surface area contributed by atoms with Crippen LogP contribution in [0.5, 0.6) is 11.5 Å². The first kappa shape index (κ1) is 23.0. The Kier molecular flexibility index (Phi) is 5.31. The average Bonchev–Trinajstić information content (AvgIpc) is 3.18. The molecule has 0 atom stereocenters. The molecule has 1 fully saturated rings. The normalized spacial score (nSPS) is 17.3. The SMILES string of the molecule is Cc1c2c(c(C)c3ccc(CC(C)C)cc13)-c1c3c(c(C4CCC(C)(C)CC4)sc3cc[n+]1C)O2. The van der Waals surface area contributed by atoms with Crippen molar-refractivity contribution in [3.05, 3.63) is 52.0 Å². The Balaban J connectivity index is 1.58. The summed E-state index contributed by atoms with van der Waals surface area (Å²) in [4.78, 5) is 1.47. The molecule has 4 aromatic rings. The van der Waals surface area contributed by atoms with E-state index in [1.165, 1.54) is 79.4 Å². The largest absolute Gasteiger partial charge is 0.454 e. The van der Waals surface area contributed by atoms with E-state index in [4.69, 9.17) is 4.74 Å². The molecule has 1 aliphatic carbocycles. The number of ether oxygens (including phenoxy) is 1. The van der Waals surface area contributed by atoms with Gasteiger partial charge < -0.3 is 4.74 Å². The molecule has 6 rings (SSSR count). The molecule has 1 aliphatic heterocycles. The molecule has 3 heteroatoms. The molecule has 2 aliphatic rings. The van der Waals surface area contributed by atoms with Crippen LogP contribution < -0.4 is 9.30 Å². The first-order valence-corrected chi connectivity index (χ1v) is 14.2. The van der Waals surface area contributed by atoms with Crippen LogP contribution in [0.4, 0.5) is 0 Å². The average molecular weight is 485 g/mol. The van der Waals surface area contributed by atoms with Gasteiger partial charge in [-0.05, 0) is 85.1 Å². The van der Waals surface area contributed by atoms with Crippen LogP contribution in [0.15, 0.2) is 30.5 Å². The second-order valence-corrected chi connectivity index (χ2v) is 13.4. The molecule has 0 saturated heterocycles. The van der Waals surface area contributed by atoms with Gasteiger partial charge in [0.1, 0.15) is 18.2 Å². The highest BCUT2D eigenvalue weighted by Gasteiger charge is 2.38. The number of pyridine rings is 1. The summed E-state index contributed by atoms with van der Waals surface area (Å²) in [6, 6.07) is 9.37. The van der Waals surface area contributed by atoms with Crippen LogP contribution in [0, 0.1) is 25.2 Å². The fraction of sp³-hybridized carbons (Fsp3) is 0.469. The van der Waals surface area contributed by atoms with Crippen molar-refractivity contribution in [2.24, 2.45) is 18.4 Å². The molecule has 0 bridgehead atoms. The smallest absolute Gasteiger partial charge is 0.228 e. The summed E-state index contributed by atoms with van der Waals surface area (Å²) in [5.74, 6) is 3.47. The maximum atomic E-state index is 7.02. The van der Waals surface area contributed by atoms with Gasteiger partial charge >= 0.3 is 0 Å². The molecule has 2 nitrogen and oxygen atoms in total. The zero-order valence-corrected chi connectivity index (χ0v) is 23.2. The van der Waals surface area contributed by atoms with Crippen molar-refractivity contribution in [3.8, 4) is 22.8 Å². The Hall–Kier alpha value is -2.39. The topological polar surface area (TPSA) is 13.1 Å². The van der Waals surface area contributed by atoms with Gasteiger partial charge in [-0.25, -0.2) is 4.57 Å². The van der Waals surface area contributed by atoms with Crippen LogP contribution in [-0.2, 0) is 13.5 Å². The lowest BCUT2D eigenvalue weighted by atomic mass is 9.72. The molecule has 0 unspecified atom stereocenters. The van der Waals surface area contributed by atoms with E-state index in [-0.39, 0.29) is 0 Å². The Morgan fingerprint density at radius 3 is 2.49 bits per heavy atom. The van der Waals surface area contributed by atoms with Crippen molar-refractivity contribution in [3.63, 3.8) is 0 Å². The second kappa shape index (κ2) is 8.06. The number of thiophene rings is 1. The van der Waals surface area contributed by atoms with Crippen LogP contribution in [-0.4, -0.2) is 0 Å². The lowest BCUT2D eigenvalue weighted by Gasteiger charge is -2.34. The summed E-state index contributed by atoms with van der Waals surface area (Å²) >= 11 is 1.98. The van der Waals surface area contributed by atoms with Gasteiger partial charge in [0.05, 0.1) is 15.1 Å². The van der Waals surface area contributed by atoms with Crippen molar-refractivity contribution in [1.82, 2.24) is 0 Å². The van der Waals surface area contributed by atoms with Gasteiger partial charge in [-0.2, -0.15) is 0 Å². The first-order chi connectivity index (χ1) is 16.6. The lowest BCUT2D eigenvalue weighted by Crippen LogP contribution is -2.31. The van der Waals surface area contributed by atoms with E-state index in [0.717, 1.165) is 17.9 Å². The van der Waals surface area contributed by atoms with Crippen LogP contribution in [0.25, 0.3) is 32.1 Å². The van der Waals surface area contributed by atoms with Gasteiger partial charge in [0.15, 0.2) is 11.9 Å². The van der Waals surface area contributed by atoms with Gasteiger partial charge in [-0.3, -0.25) is 0 Å². The molecule has 1 saturated carbocycles. The summed E-state index contributed by atoms with van der Waals surface area (Å²) < 4.78 is 10.7. The summed E-state index contributed by atoms with van der Waals surface area (Å²) in [5, 5.41) is 4.02. The third kappa shape index (κ3) is 3.61. The van der Waals surface area contributed by atoms with E-state index in [2.05, 4.69) is 83.6 Å². The molecule has 0 radical (unpaired) electrons. The Morgan fingerprint density at radius 2 is 1.77 bits per heavy atom. The molecular weight excluding hydrogens is 446 g/mol. The number of hydrogen-bond acceptors (Lipinski definition) is 2. The van der Waals surface area contributed by atoms with E-state index < -0.39 is 0 Å². The van der Waals surface area contributed by atoms with E-state index in [0.29, 0.717) is 17.3 Å². The van der Waals surface area contributed by atoms with Crippen molar-refractivity contribution in [2.45, 2.75) is 79.6 Å². The van der Waals surface area contributed by atoms with Crippen LogP contribution in [0.2, 0.25) is 0 Å². The highest BCUT2D eigenvalue weighted by atomic mass is 32.1. The standard InChI is InChI=1S/C32H38NOS/c1-18(2)16-21-8-9-23-19(3)26-28-27-25(12-15-33(28)7)35-31(22-10-13-32(5,6)14-11-22)30(27)34-29(26)20(4)24(23)17-21/h8-9,12,15,17-18,22H,10-11,13-14,16H2,1-7H3/q+1. The van der Waals surface area contributed by atoms with Crippen LogP contribution >= 0.6 is 11.3 Å². The van der Waals surface area contributed by atoms with Gasteiger partial charge in [0, 0.05) is 11.6 Å². The number of aromatic nitrogens is 1. The Morgan fingerprint density at radius 1 is 1.03 bits per heavy atom. The summed E-state index contributed by atoms with van der Waals surface area (Å²) in [6.07, 6.45) is 8.47. The van der Waals surface area contributed by atoms with E-state index in [1.54, 1.807) is 0 Å². The quantitative estimate of drug-likeness (QED) is 0.233. The van der Waals surface area contributed by atoms with Crippen LogP contribution in [0.1, 0.15) is 80.9 Å². The predicted molar refractivity (Wildman–Crippen MR) is 149 cm³/mol. The monoisotopic (exact) mass is 484 g/mol. The number of aryl methyl sites for hydroxylation is 3. The molecule has 2 aromatic heterocycles. The third-order valence-corrected chi connectivity index (χ3v) is 9.88. The fourth-order valence-electron chi connectivity index (χ4n) is 6.51. The van der Waals surface area contributed by atoms with E-state index in [1.807, 2.05) is 11.3 Å². The molecule has 182 valence electrons. The molecule has 2 aromatic carbocycles. The molecule has 0 spiro atoms. The van der Waals surface area contributed by atoms with Gasteiger partial charge in [0.2, 0.25) is 5.69 Å². The van der Waals surface area contributed by atoms with Gasteiger partial charge in [-0.15, -0.1) is 11.3 Å². The van der Waals surface area contributed by atoms with E-state index in [9.17, 15) is 0 Å². The number of nitrogens with zero attached hydrogens (tertiary/aromatic N) is 1. The minimum Gasteiger partial charge on any atom is -0.454 e. The summed E-state index contributed by atoms with van der Waals surface area (Å²) in [5.41, 5.74) is 7.09. The number of benzene rings is 2. The molecule has 35 heavy (non-hydrogen) atoms. The fourth-order valence-corrected chi connectivity index (χ4v) is 7.81. The minimum absolute atomic E-state index is 0.468. The molecule has 0 N–H and O–H groups in total. The van der Waals surface area contributed by atoms with Crippen molar-refractivity contribution in [1.29, 1.82) is 0 Å². The zero-order chi connectivity index (χ0) is 24.6. The Bertz CT molecular complexity index is 1480. The second-order valence-electron chi connectivity index (χ2n) is 12.3. The molecule has 0 amide bonds. The highest BCUT2D eigenvalue weighted by Crippen LogP contribution is 2.57. The number of rotatable bonds is 3.